The highest BCUT2D eigenvalue weighted by Crippen LogP contribution is 2.37. The van der Waals surface area contributed by atoms with Crippen LogP contribution in [0.15, 0.2) is 6.20 Å². The number of carbonyl (C=O) groups is 1. The number of amides is 1. The summed E-state index contributed by atoms with van der Waals surface area (Å²) >= 11 is 0. The third-order valence-corrected chi connectivity index (χ3v) is 3.35. The molecule has 1 amide bonds. The molecule has 5 nitrogen and oxygen atoms in total. The fraction of sp³-hybridized carbons (Fsp3) is 0.667. The van der Waals surface area contributed by atoms with Gasteiger partial charge in [0, 0.05) is 13.0 Å². The zero-order valence-electron chi connectivity index (χ0n) is 10.5. The molecule has 94 valence electrons. The largest absolute Gasteiger partial charge is 0.504 e. The van der Waals surface area contributed by atoms with Crippen molar-refractivity contribution in [3.05, 3.63) is 11.9 Å². The van der Waals surface area contributed by atoms with Crippen LogP contribution in [0.5, 0.6) is 5.75 Å². The van der Waals surface area contributed by atoms with Gasteiger partial charge in [-0.05, 0) is 25.7 Å². The van der Waals surface area contributed by atoms with Crippen LogP contribution < -0.4 is 5.32 Å². The first-order chi connectivity index (χ1) is 7.99. The standard InChI is InChI=1S/C12H19N3O2/c1-7(9-4-5-9)12(17)13-8(2)11-10(16)6-15(3)14-11/h6-9,16H,4-5H2,1-3H3,(H,13,17). The number of rotatable bonds is 4. The van der Waals surface area contributed by atoms with Crippen molar-refractivity contribution in [3.63, 3.8) is 0 Å². The average molecular weight is 237 g/mol. The lowest BCUT2D eigenvalue weighted by molar-refractivity contribution is -0.125. The Morgan fingerprint density at radius 1 is 1.59 bits per heavy atom. The molecule has 0 spiro atoms. The van der Waals surface area contributed by atoms with E-state index in [-0.39, 0.29) is 23.6 Å². The molecule has 5 heteroatoms. The molecular weight excluding hydrogens is 218 g/mol. The van der Waals surface area contributed by atoms with Gasteiger partial charge in [0.05, 0.1) is 12.2 Å². The summed E-state index contributed by atoms with van der Waals surface area (Å²) in [6.45, 7) is 3.79. The molecule has 2 atom stereocenters. The van der Waals surface area contributed by atoms with Crippen molar-refractivity contribution in [3.8, 4) is 5.75 Å². The minimum atomic E-state index is -0.259. The van der Waals surface area contributed by atoms with Gasteiger partial charge in [0.2, 0.25) is 5.91 Å². The number of hydrogen-bond donors (Lipinski definition) is 2. The van der Waals surface area contributed by atoms with E-state index >= 15 is 0 Å². The Hall–Kier alpha value is -1.52. The van der Waals surface area contributed by atoms with Crippen LogP contribution in [0.4, 0.5) is 0 Å². The van der Waals surface area contributed by atoms with Crippen LogP contribution in [-0.4, -0.2) is 20.8 Å². The van der Waals surface area contributed by atoms with Gasteiger partial charge in [-0.1, -0.05) is 6.92 Å². The molecule has 0 aliphatic heterocycles. The summed E-state index contributed by atoms with van der Waals surface area (Å²) in [5.41, 5.74) is 0.517. The molecule has 17 heavy (non-hydrogen) atoms. The number of aryl methyl sites for hydroxylation is 1. The highest BCUT2D eigenvalue weighted by Gasteiger charge is 2.33. The van der Waals surface area contributed by atoms with Gasteiger partial charge < -0.3 is 10.4 Å². The molecule has 1 aliphatic carbocycles. The van der Waals surface area contributed by atoms with Crippen molar-refractivity contribution in [2.75, 3.05) is 0 Å². The van der Waals surface area contributed by atoms with Crippen molar-refractivity contribution in [2.24, 2.45) is 18.9 Å². The Morgan fingerprint density at radius 2 is 2.24 bits per heavy atom. The number of nitrogens with one attached hydrogen (secondary N) is 1. The third-order valence-electron chi connectivity index (χ3n) is 3.35. The minimum absolute atomic E-state index is 0.0463. The number of aromatic hydroxyl groups is 1. The van der Waals surface area contributed by atoms with E-state index in [1.807, 2.05) is 13.8 Å². The van der Waals surface area contributed by atoms with Crippen molar-refractivity contribution >= 4 is 5.91 Å². The number of nitrogens with zero attached hydrogens (tertiary/aromatic N) is 2. The van der Waals surface area contributed by atoms with Gasteiger partial charge in [0.15, 0.2) is 5.75 Å². The van der Waals surface area contributed by atoms with E-state index in [1.165, 1.54) is 10.9 Å². The summed E-state index contributed by atoms with van der Waals surface area (Å²) in [4.78, 5) is 11.9. The highest BCUT2D eigenvalue weighted by molar-refractivity contribution is 5.79. The van der Waals surface area contributed by atoms with E-state index in [4.69, 9.17) is 0 Å². The first-order valence-corrected chi connectivity index (χ1v) is 6.02. The van der Waals surface area contributed by atoms with Gasteiger partial charge in [-0.25, -0.2) is 0 Å². The second-order valence-electron chi connectivity index (χ2n) is 4.93. The van der Waals surface area contributed by atoms with Gasteiger partial charge in [0.25, 0.3) is 0 Å². The quantitative estimate of drug-likeness (QED) is 0.830. The Kier molecular flexibility index (Phi) is 3.09. The first-order valence-electron chi connectivity index (χ1n) is 6.02. The molecule has 1 aliphatic rings. The second kappa shape index (κ2) is 4.39. The highest BCUT2D eigenvalue weighted by atomic mass is 16.3. The third kappa shape index (κ3) is 2.60. The molecule has 1 heterocycles. The average Bonchev–Trinajstić information content (AvgIpc) is 3.03. The van der Waals surface area contributed by atoms with Crippen LogP contribution in [-0.2, 0) is 11.8 Å². The van der Waals surface area contributed by atoms with E-state index in [1.54, 1.807) is 7.05 Å². The molecule has 1 fully saturated rings. The normalized spacial score (nSPS) is 18.8. The molecule has 1 aromatic heterocycles. The zero-order chi connectivity index (χ0) is 12.6. The lowest BCUT2D eigenvalue weighted by atomic mass is 10.1. The van der Waals surface area contributed by atoms with Crippen molar-refractivity contribution < 1.29 is 9.90 Å². The first kappa shape index (κ1) is 12.0. The van der Waals surface area contributed by atoms with Crippen molar-refractivity contribution in [1.82, 2.24) is 15.1 Å². The van der Waals surface area contributed by atoms with E-state index < -0.39 is 0 Å². The van der Waals surface area contributed by atoms with Crippen molar-refractivity contribution in [1.29, 1.82) is 0 Å². The maximum Gasteiger partial charge on any atom is 0.223 e. The summed E-state index contributed by atoms with van der Waals surface area (Å²) in [7, 11) is 1.74. The second-order valence-corrected chi connectivity index (χ2v) is 4.93. The van der Waals surface area contributed by atoms with E-state index in [9.17, 15) is 9.90 Å². The SMILES string of the molecule is CC(NC(=O)C(C)C1CC1)c1nn(C)cc1O. The number of hydrogen-bond acceptors (Lipinski definition) is 3. The maximum atomic E-state index is 11.9. The van der Waals surface area contributed by atoms with Crippen LogP contribution >= 0.6 is 0 Å². The molecule has 2 N–H and O–H groups in total. The summed E-state index contributed by atoms with van der Waals surface area (Å²) in [6.07, 6.45) is 3.83. The predicted molar refractivity (Wildman–Crippen MR) is 63.3 cm³/mol. The molecule has 1 saturated carbocycles. The van der Waals surface area contributed by atoms with Gasteiger partial charge in [-0.2, -0.15) is 5.10 Å². The van der Waals surface area contributed by atoms with Gasteiger partial charge in [-0.15, -0.1) is 0 Å². The fourth-order valence-electron chi connectivity index (χ4n) is 2.03. The zero-order valence-corrected chi connectivity index (χ0v) is 10.5. The molecule has 2 unspecified atom stereocenters. The van der Waals surface area contributed by atoms with Crippen LogP contribution in [0.1, 0.15) is 38.4 Å². The van der Waals surface area contributed by atoms with Gasteiger partial charge >= 0.3 is 0 Å². The Labute approximate surface area is 101 Å². The molecule has 1 aromatic rings. The van der Waals surface area contributed by atoms with E-state index in [0.29, 0.717) is 11.6 Å². The minimum Gasteiger partial charge on any atom is -0.504 e. The van der Waals surface area contributed by atoms with Crippen molar-refractivity contribution in [2.45, 2.75) is 32.7 Å². The van der Waals surface area contributed by atoms with Crippen LogP contribution in [0.3, 0.4) is 0 Å². The predicted octanol–water partition coefficient (Wildman–Crippen LogP) is 1.35. The van der Waals surface area contributed by atoms with Gasteiger partial charge in [-0.3, -0.25) is 9.48 Å². The topological polar surface area (TPSA) is 67.2 Å². The van der Waals surface area contributed by atoms with E-state index in [2.05, 4.69) is 10.4 Å². The lowest BCUT2D eigenvalue weighted by Gasteiger charge is -2.15. The summed E-state index contributed by atoms with van der Waals surface area (Å²) in [5.74, 6) is 0.771. The Morgan fingerprint density at radius 3 is 2.71 bits per heavy atom. The van der Waals surface area contributed by atoms with Crippen LogP contribution in [0.2, 0.25) is 0 Å². The fourth-order valence-corrected chi connectivity index (χ4v) is 2.03. The maximum absolute atomic E-state index is 11.9. The summed E-state index contributed by atoms with van der Waals surface area (Å²) in [6, 6.07) is -0.259. The molecule has 0 radical (unpaired) electrons. The van der Waals surface area contributed by atoms with Gasteiger partial charge in [0.1, 0.15) is 5.69 Å². The van der Waals surface area contributed by atoms with E-state index in [0.717, 1.165) is 12.8 Å². The lowest BCUT2D eigenvalue weighted by Crippen LogP contribution is -2.32. The monoisotopic (exact) mass is 237 g/mol. The number of carbonyl (C=O) groups excluding carboxylic acids is 1. The molecule has 0 bridgehead atoms. The smallest absolute Gasteiger partial charge is 0.223 e. The molecular formula is C12H19N3O2. The molecule has 2 rings (SSSR count). The summed E-state index contributed by atoms with van der Waals surface area (Å²) in [5, 5.41) is 16.7. The van der Waals surface area contributed by atoms with Crippen LogP contribution in [0, 0.1) is 11.8 Å². The Bertz CT molecular complexity index is 423. The Balaban J connectivity index is 1.98. The van der Waals surface area contributed by atoms with Crippen LogP contribution in [0.25, 0.3) is 0 Å². The number of aromatic nitrogens is 2. The molecule has 0 aromatic carbocycles. The summed E-state index contributed by atoms with van der Waals surface area (Å²) < 4.78 is 1.54. The molecule has 0 saturated heterocycles.